The van der Waals surface area contributed by atoms with Gasteiger partial charge in [-0.25, -0.2) is 4.52 Å². The highest BCUT2D eigenvalue weighted by molar-refractivity contribution is 5.76. The van der Waals surface area contributed by atoms with Crippen molar-refractivity contribution in [2.45, 2.75) is 26.7 Å². The summed E-state index contributed by atoms with van der Waals surface area (Å²) >= 11 is 0. The molecule has 0 amide bonds. The van der Waals surface area contributed by atoms with Crippen LogP contribution >= 0.6 is 0 Å². The van der Waals surface area contributed by atoms with Gasteiger partial charge in [-0.3, -0.25) is 0 Å². The first kappa shape index (κ1) is 18.8. The third-order valence-corrected chi connectivity index (χ3v) is 5.98. The van der Waals surface area contributed by atoms with E-state index in [4.69, 9.17) is 0 Å². The van der Waals surface area contributed by atoms with Crippen molar-refractivity contribution in [2.75, 3.05) is 19.6 Å². The third-order valence-electron chi connectivity index (χ3n) is 5.98. The highest BCUT2D eigenvalue weighted by Gasteiger charge is 2.28. The second-order valence-electron chi connectivity index (χ2n) is 8.13. The van der Waals surface area contributed by atoms with Crippen LogP contribution in [-0.2, 0) is 0 Å². The Morgan fingerprint density at radius 1 is 0.967 bits per heavy atom. The van der Waals surface area contributed by atoms with Crippen molar-refractivity contribution < 1.29 is 5.11 Å². The lowest BCUT2D eigenvalue weighted by Crippen LogP contribution is -2.44. The van der Waals surface area contributed by atoms with Gasteiger partial charge < -0.3 is 10.0 Å². The molecule has 0 bridgehead atoms. The summed E-state index contributed by atoms with van der Waals surface area (Å²) < 4.78 is 1.94. The Balaban J connectivity index is 1.42. The van der Waals surface area contributed by atoms with E-state index in [1.54, 1.807) is 6.07 Å². The van der Waals surface area contributed by atoms with Crippen molar-refractivity contribution >= 4 is 5.52 Å². The van der Waals surface area contributed by atoms with Crippen molar-refractivity contribution in [1.29, 1.82) is 0 Å². The summed E-state index contributed by atoms with van der Waals surface area (Å²) in [7, 11) is 0. The van der Waals surface area contributed by atoms with Gasteiger partial charge in [0, 0.05) is 30.3 Å². The lowest BCUT2D eigenvalue weighted by atomic mass is 9.96. The summed E-state index contributed by atoms with van der Waals surface area (Å²) in [5.41, 5.74) is 7.50. The van der Waals surface area contributed by atoms with Crippen molar-refractivity contribution in [3.05, 3.63) is 65.6 Å². The monoisotopic (exact) mass is 399 g/mol. The first-order chi connectivity index (χ1) is 14.5. The lowest BCUT2D eigenvalue weighted by molar-refractivity contribution is 0.154. The molecule has 6 heteroatoms. The van der Waals surface area contributed by atoms with Gasteiger partial charge in [-0.1, -0.05) is 13.0 Å². The minimum atomic E-state index is 0.206. The molecule has 0 unspecified atom stereocenters. The molecular formula is C24H25N5O. The van der Waals surface area contributed by atoms with Gasteiger partial charge in [0.15, 0.2) is 0 Å². The van der Waals surface area contributed by atoms with Crippen molar-refractivity contribution in [3.63, 3.8) is 0 Å². The standard InChI is InChI=1S/C24H25N5O/c1-4-28-13-19(14-28)22-7-8-23(26-25-22)21-6-5-17(12-24(21)30)18-10-16(3)29-20(11-18)9-15(2)27-29/h5-12,19,30H,4,13-14H2,1-3H3. The van der Waals surface area contributed by atoms with E-state index in [1.807, 2.05) is 42.6 Å². The van der Waals surface area contributed by atoms with Crippen LogP contribution in [0.3, 0.4) is 0 Å². The Bertz CT molecular complexity index is 1220. The molecule has 0 atom stereocenters. The maximum Gasteiger partial charge on any atom is 0.125 e. The van der Waals surface area contributed by atoms with Gasteiger partial charge >= 0.3 is 0 Å². The number of hydrogen-bond acceptors (Lipinski definition) is 5. The molecule has 0 aliphatic carbocycles. The fourth-order valence-electron chi connectivity index (χ4n) is 4.21. The van der Waals surface area contributed by atoms with Crippen molar-refractivity contribution in [1.82, 2.24) is 24.7 Å². The highest BCUT2D eigenvalue weighted by atomic mass is 16.3. The lowest BCUT2D eigenvalue weighted by Gasteiger charge is -2.37. The van der Waals surface area contributed by atoms with E-state index in [0.29, 0.717) is 17.2 Å². The summed E-state index contributed by atoms with van der Waals surface area (Å²) in [6, 6.07) is 16.0. The number of phenols is 1. The SMILES string of the molecule is CCN1CC(c2ccc(-c3ccc(-c4cc(C)n5nc(C)cc5c4)cc3O)nn2)C1. The van der Waals surface area contributed by atoms with Crippen LogP contribution in [0.15, 0.2) is 48.5 Å². The molecule has 1 aliphatic heterocycles. The predicted octanol–water partition coefficient (Wildman–Crippen LogP) is 4.20. The number of aryl methyl sites for hydroxylation is 2. The second-order valence-corrected chi connectivity index (χ2v) is 8.13. The van der Waals surface area contributed by atoms with Crippen LogP contribution in [0.1, 0.15) is 29.9 Å². The van der Waals surface area contributed by atoms with E-state index >= 15 is 0 Å². The number of pyridine rings is 1. The number of nitrogens with zero attached hydrogens (tertiary/aromatic N) is 5. The van der Waals surface area contributed by atoms with Gasteiger partial charge in [0.05, 0.1) is 22.6 Å². The molecule has 6 nitrogen and oxygen atoms in total. The zero-order valence-electron chi connectivity index (χ0n) is 17.5. The number of fused-ring (bicyclic) bond motifs is 1. The maximum absolute atomic E-state index is 10.7. The fraction of sp³-hybridized carbons (Fsp3) is 0.292. The summed E-state index contributed by atoms with van der Waals surface area (Å²) in [6.07, 6.45) is 0. The number of likely N-dealkylation sites (N-methyl/N-ethyl adjacent to an activating group) is 1. The van der Waals surface area contributed by atoms with E-state index in [-0.39, 0.29) is 5.75 Å². The van der Waals surface area contributed by atoms with Crippen LogP contribution in [0.4, 0.5) is 0 Å². The Morgan fingerprint density at radius 3 is 2.50 bits per heavy atom. The van der Waals surface area contributed by atoms with Crippen LogP contribution in [0, 0.1) is 13.8 Å². The molecule has 30 heavy (non-hydrogen) atoms. The first-order valence-electron chi connectivity index (χ1n) is 10.4. The molecule has 1 aromatic carbocycles. The molecule has 1 fully saturated rings. The molecule has 152 valence electrons. The number of benzene rings is 1. The van der Waals surface area contributed by atoms with E-state index in [0.717, 1.165) is 53.4 Å². The number of phenolic OH excluding ortho intramolecular Hbond substituents is 1. The average molecular weight is 399 g/mol. The Labute approximate surface area is 175 Å². The number of hydrogen-bond donors (Lipinski definition) is 1. The van der Waals surface area contributed by atoms with Gasteiger partial charge in [0.1, 0.15) is 5.75 Å². The number of aromatic hydroxyl groups is 1. The highest BCUT2D eigenvalue weighted by Crippen LogP contribution is 2.34. The number of likely N-dealkylation sites (tertiary alicyclic amines) is 1. The Hall–Kier alpha value is -3.25. The Kier molecular flexibility index (Phi) is 4.51. The number of rotatable bonds is 4. The van der Waals surface area contributed by atoms with Crippen LogP contribution in [0.25, 0.3) is 27.9 Å². The topological polar surface area (TPSA) is 66.5 Å². The second kappa shape index (κ2) is 7.22. The zero-order chi connectivity index (χ0) is 20.8. The Morgan fingerprint density at radius 2 is 1.80 bits per heavy atom. The van der Waals surface area contributed by atoms with E-state index in [2.05, 4.69) is 45.3 Å². The zero-order valence-corrected chi connectivity index (χ0v) is 17.5. The smallest absolute Gasteiger partial charge is 0.125 e. The fourth-order valence-corrected chi connectivity index (χ4v) is 4.21. The van der Waals surface area contributed by atoms with E-state index in [9.17, 15) is 5.11 Å². The van der Waals surface area contributed by atoms with Gasteiger partial charge in [-0.15, -0.1) is 0 Å². The van der Waals surface area contributed by atoms with E-state index < -0.39 is 0 Å². The maximum atomic E-state index is 10.7. The third kappa shape index (κ3) is 3.23. The predicted molar refractivity (Wildman–Crippen MR) is 118 cm³/mol. The van der Waals surface area contributed by atoms with Crippen molar-refractivity contribution in [3.8, 4) is 28.1 Å². The van der Waals surface area contributed by atoms with Gasteiger partial charge in [-0.2, -0.15) is 15.3 Å². The van der Waals surface area contributed by atoms with Crippen molar-refractivity contribution in [2.24, 2.45) is 0 Å². The molecule has 3 aromatic heterocycles. The molecule has 1 aliphatic rings. The van der Waals surface area contributed by atoms with Crippen LogP contribution in [0.2, 0.25) is 0 Å². The van der Waals surface area contributed by atoms with Crippen LogP contribution < -0.4 is 0 Å². The molecule has 0 radical (unpaired) electrons. The average Bonchev–Trinajstić information content (AvgIpc) is 3.09. The minimum absolute atomic E-state index is 0.206. The van der Waals surface area contributed by atoms with Gasteiger partial charge in [-0.05, 0) is 74.0 Å². The summed E-state index contributed by atoms with van der Waals surface area (Å²) in [5, 5.41) is 24.0. The minimum Gasteiger partial charge on any atom is -0.507 e. The largest absolute Gasteiger partial charge is 0.507 e. The molecule has 5 rings (SSSR count). The molecule has 0 spiro atoms. The van der Waals surface area contributed by atoms with E-state index in [1.165, 1.54) is 0 Å². The van der Waals surface area contributed by atoms with Crippen LogP contribution in [0.5, 0.6) is 5.75 Å². The molecular weight excluding hydrogens is 374 g/mol. The molecule has 0 saturated carbocycles. The van der Waals surface area contributed by atoms with Gasteiger partial charge in [0.25, 0.3) is 0 Å². The number of aromatic nitrogens is 4. The summed E-state index contributed by atoms with van der Waals surface area (Å²) in [6.45, 7) is 9.37. The molecule has 4 heterocycles. The quantitative estimate of drug-likeness (QED) is 0.557. The first-order valence-corrected chi connectivity index (χ1v) is 10.4. The molecule has 4 aromatic rings. The van der Waals surface area contributed by atoms with Crippen LogP contribution in [-0.4, -0.2) is 49.5 Å². The molecule has 1 N–H and O–H groups in total. The summed E-state index contributed by atoms with van der Waals surface area (Å²) in [4.78, 5) is 2.38. The normalized spacial score (nSPS) is 14.9. The summed E-state index contributed by atoms with van der Waals surface area (Å²) in [5.74, 6) is 0.672. The molecule has 1 saturated heterocycles. The van der Waals surface area contributed by atoms with Gasteiger partial charge in [0.2, 0.25) is 0 Å².